The monoisotopic (exact) mass is 224 g/mol. The quantitative estimate of drug-likeness (QED) is 0.762. The first-order valence-electron chi connectivity index (χ1n) is 4.85. The minimum absolute atomic E-state index is 0.0461. The van der Waals surface area contributed by atoms with Crippen molar-refractivity contribution in [3.63, 3.8) is 0 Å². The van der Waals surface area contributed by atoms with Crippen LogP contribution < -0.4 is 11.1 Å². The molecule has 5 heteroatoms. The lowest BCUT2D eigenvalue weighted by atomic mass is 10.0. The Morgan fingerprint density at radius 1 is 1.47 bits per heavy atom. The first-order chi connectivity index (χ1) is 6.96. The lowest BCUT2D eigenvalue weighted by molar-refractivity contribution is 0.544. The van der Waals surface area contributed by atoms with Crippen LogP contribution >= 0.6 is 12.2 Å². The summed E-state index contributed by atoms with van der Waals surface area (Å²) >= 11 is 4.91. The number of nitrogens with one attached hydrogen (secondary N) is 1. The third-order valence-corrected chi connectivity index (χ3v) is 2.47. The van der Waals surface area contributed by atoms with Gasteiger partial charge in [-0.25, -0.2) is 9.97 Å². The fraction of sp³-hybridized carbons (Fsp3) is 0.500. The van der Waals surface area contributed by atoms with Gasteiger partial charge >= 0.3 is 0 Å². The maximum absolute atomic E-state index is 5.56. The van der Waals surface area contributed by atoms with E-state index in [-0.39, 0.29) is 10.5 Å². The highest BCUT2D eigenvalue weighted by Gasteiger charge is 2.18. The molecule has 0 atom stereocenters. The Morgan fingerprint density at radius 2 is 2.07 bits per heavy atom. The summed E-state index contributed by atoms with van der Waals surface area (Å²) in [6.07, 6.45) is 4.18. The standard InChI is InChI=1S/C10H16N4S/c1-4-10(2,3)14-9-7(8(11)15)12-5-6-13-9/h5-6H,4H2,1-3H3,(H2,11,15)(H,13,14). The predicted molar refractivity (Wildman–Crippen MR) is 65.9 cm³/mol. The Kier molecular flexibility index (Phi) is 3.57. The molecule has 15 heavy (non-hydrogen) atoms. The van der Waals surface area contributed by atoms with Crippen LogP contribution in [0, 0.1) is 0 Å². The highest BCUT2D eigenvalue weighted by atomic mass is 32.1. The molecular formula is C10H16N4S. The van der Waals surface area contributed by atoms with Crippen molar-refractivity contribution in [1.82, 2.24) is 9.97 Å². The van der Waals surface area contributed by atoms with Gasteiger partial charge < -0.3 is 11.1 Å². The fourth-order valence-corrected chi connectivity index (χ4v) is 1.17. The fourth-order valence-electron chi connectivity index (χ4n) is 1.02. The third-order valence-electron chi connectivity index (χ3n) is 2.27. The van der Waals surface area contributed by atoms with Gasteiger partial charge in [0.2, 0.25) is 0 Å². The second kappa shape index (κ2) is 4.53. The number of hydrogen-bond donors (Lipinski definition) is 2. The molecule has 82 valence electrons. The summed E-state index contributed by atoms with van der Waals surface area (Å²) in [5, 5.41) is 3.28. The molecule has 0 radical (unpaired) electrons. The number of rotatable bonds is 4. The van der Waals surface area contributed by atoms with Crippen LogP contribution in [0.25, 0.3) is 0 Å². The van der Waals surface area contributed by atoms with E-state index in [0.29, 0.717) is 11.5 Å². The summed E-state index contributed by atoms with van der Waals surface area (Å²) < 4.78 is 0. The summed E-state index contributed by atoms with van der Waals surface area (Å²) in [5.74, 6) is 0.650. The smallest absolute Gasteiger partial charge is 0.155 e. The lowest BCUT2D eigenvalue weighted by Crippen LogP contribution is -2.32. The van der Waals surface area contributed by atoms with Gasteiger partial charge in [-0.3, -0.25) is 0 Å². The average Bonchev–Trinajstić information content (AvgIpc) is 2.18. The molecule has 1 aromatic heterocycles. The molecule has 0 unspecified atom stereocenters. The van der Waals surface area contributed by atoms with Gasteiger partial charge in [0.15, 0.2) is 5.82 Å². The first-order valence-corrected chi connectivity index (χ1v) is 5.26. The maximum atomic E-state index is 5.56. The Hall–Kier alpha value is -1.23. The van der Waals surface area contributed by atoms with Crippen LogP contribution in [0.5, 0.6) is 0 Å². The van der Waals surface area contributed by atoms with Crippen LogP contribution in [0.15, 0.2) is 12.4 Å². The molecule has 1 heterocycles. The van der Waals surface area contributed by atoms with Crippen LogP contribution in [-0.4, -0.2) is 20.5 Å². The molecule has 1 aromatic rings. The summed E-state index contributed by atoms with van der Waals surface area (Å²) in [6.45, 7) is 6.28. The molecule has 0 saturated carbocycles. The van der Waals surface area contributed by atoms with Crippen LogP contribution in [0.4, 0.5) is 5.82 Å². The molecule has 0 aromatic carbocycles. The molecule has 4 nitrogen and oxygen atoms in total. The molecular weight excluding hydrogens is 208 g/mol. The summed E-state index contributed by atoms with van der Waals surface area (Å²) in [5.41, 5.74) is 6.07. The van der Waals surface area contributed by atoms with Crippen molar-refractivity contribution in [2.24, 2.45) is 5.73 Å². The zero-order chi connectivity index (χ0) is 11.5. The van der Waals surface area contributed by atoms with Crippen molar-refractivity contribution in [3.05, 3.63) is 18.1 Å². The maximum Gasteiger partial charge on any atom is 0.155 e. The van der Waals surface area contributed by atoms with E-state index in [9.17, 15) is 0 Å². The highest BCUT2D eigenvalue weighted by Crippen LogP contribution is 2.17. The number of aromatic nitrogens is 2. The number of hydrogen-bond acceptors (Lipinski definition) is 4. The Balaban J connectivity index is 2.99. The van der Waals surface area contributed by atoms with Crippen LogP contribution in [0.3, 0.4) is 0 Å². The van der Waals surface area contributed by atoms with E-state index in [4.69, 9.17) is 18.0 Å². The van der Waals surface area contributed by atoms with Crippen molar-refractivity contribution >= 4 is 23.0 Å². The van der Waals surface area contributed by atoms with Gasteiger partial charge in [0.05, 0.1) is 0 Å². The largest absolute Gasteiger partial charge is 0.388 e. The predicted octanol–water partition coefficient (Wildman–Crippen LogP) is 1.71. The minimum Gasteiger partial charge on any atom is -0.388 e. The average molecular weight is 224 g/mol. The van der Waals surface area contributed by atoms with Crippen LogP contribution in [0.1, 0.15) is 32.9 Å². The Morgan fingerprint density at radius 3 is 2.60 bits per heavy atom. The van der Waals surface area contributed by atoms with Crippen molar-refractivity contribution in [3.8, 4) is 0 Å². The van der Waals surface area contributed by atoms with Crippen molar-refractivity contribution in [2.45, 2.75) is 32.7 Å². The first kappa shape index (κ1) is 11.8. The summed E-state index contributed by atoms with van der Waals surface area (Å²) in [6, 6.07) is 0. The van der Waals surface area contributed by atoms with Gasteiger partial charge in [-0.05, 0) is 20.3 Å². The van der Waals surface area contributed by atoms with Gasteiger partial charge in [-0.15, -0.1) is 0 Å². The lowest BCUT2D eigenvalue weighted by Gasteiger charge is -2.25. The van der Waals surface area contributed by atoms with Crippen molar-refractivity contribution in [1.29, 1.82) is 0 Å². The highest BCUT2D eigenvalue weighted by molar-refractivity contribution is 7.80. The zero-order valence-corrected chi connectivity index (χ0v) is 10.1. The second-order valence-corrected chi connectivity index (χ2v) is 4.42. The normalized spacial score (nSPS) is 11.1. The molecule has 3 N–H and O–H groups in total. The Labute approximate surface area is 95.3 Å². The van der Waals surface area contributed by atoms with E-state index in [1.54, 1.807) is 12.4 Å². The van der Waals surface area contributed by atoms with Gasteiger partial charge in [0.25, 0.3) is 0 Å². The minimum atomic E-state index is -0.0461. The number of anilines is 1. The van der Waals surface area contributed by atoms with Gasteiger partial charge in [-0.1, -0.05) is 19.1 Å². The molecule has 0 amide bonds. The van der Waals surface area contributed by atoms with E-state index in [1.807, 2.05) is 0 Å². The van der Waals surface area contributed by atoms with E-state index in [2.05, 4.69) is 36.1 Å². The van der Waals surface area contributed by atoms with Crippen LogP contribution in [-0.2, 0) is 0 Å². The third kappa shape index (κ3) is 3.13. The molecule has 0 fully saturated rings. The molecule has 0 aliphatic rings. The van der Waals surface area contributed by atoms with Gasteiger partial charge in [-0.2, -0.15) is 0 Å². The molecule has 1 rings (SSSR count). The van der Waals surface area contributed by atoms with Crippen molar-refractivity contribution < 1.29 is 0 Å². The number of nitrogens with zero attached hydrogens (tertiary/aromatic N) is 2. The summed E-state index contributed by atoms with van der Waals surface area (Å²) in [4.78, 5) is 8.56. The van der Waals surface area contributed by atoms with Crippen molar-refractivity contribution in [2.75, 3.05) is 5.32 Å². The molecule has 0 aliphatic carbocycles. The number of thiocarbonyl (C=S) groups is 1. The summed E-state index contributed by atoms with van der Waals surface area (Å²) in [7, 11) is 0. The SMILES string of the molecule is CCC(C)(C)Nc1nccnc1C(N)=S. The second-order valence-electron chi connectivity index (χ2n) is 3.98. The molecule has 0 saturated heterocycles. The van der Waals surface area contributed by atoms with Gasteiger partial charge in [0, 0.05) is 17.9 Å². The van der Waals surface area contributed by atoms with Gasteiger partial charge in [0.1, 0.15) is 10.7 Å². The van der Waals surface area contributed by atoms with E-state index >= 15 is 0 Å². The van der Waals surface area contributed by atoms with E-state index in [1.165, 1.54) is 0 Å². The topological polar surface area (TPSA) is 63.8 Å². The van der Waals surface area contributed by atoms with E-state index in [0.717, 1.165) is 6.42 Å². The van der Waals surface area contributed by atoms with Crippen LogP contribution in [0.2, 0.25) is 0 Å². The Bertz CT molecular complexity index is 362. The van der Waals surface area contributed by atoms with E-state index < -0.39 is 0 Å². The molecule has 0 spiro atoms. The molecule has 0 bridgehead atoms. The zero-order valence-electron chi connectivity index (χ0n) is 9.24. The number of nitrogens with two attached hydrogens (primary N) is 1. The molecule has 0 aliphatic heterocycles.